The summed E-state index contributed by atoms with van der Waals surface area (Å²) in [5.41, 5.74) is 21.0. The smallest absolute Gasteiger partial charge is 0.341 e. The summed E-state index contributed by atoms with van der Waals surface area (Å²) < 4.78 is 77.9. The van der Waals surface area contributed by atoms with Gasteiger partial charge in [-0.2, -0.15) is 0 Å². The summed E-state index contributed by atoms with van der Waals surface area (Å²) in [5, 5.41) is 102. The maximum absolute atomic E-state index is 11.3. The summed E-state index contributed by atoms with van der Waals surface area (Å²) in [6.07, 6.45) is 2.32. The second-order valence-electron chi connectivity index (χ2n) is 29.2. The van der Waals surface area contributed by atoms with Crippen molar-refractivity contribution in [2.75, 3.05) is 6.61 Å². The van der Waals surface area contributed by atoms with E-state index < -0.39 is 41.9 Å². The number of hydrogen-bond donors (Lipinski definition) is 13. The van der Waals surface area contributed by atoms with Crippen LogP contribution in [-0.2, 0) is 67.3 Å². The van der Waals surface area contributed by atoms with E-state index in [1.807, 2.05) is 154 Å². The summed E-state index contributed by atoms with van der Waals surface area (Å²) in [7, 11) is 0. The van der Waals surface area contributed by atoms with Crippen molar-refractivity contribution < 1.29 is 124 Å². The molecular weight excluding hydrogens is 3580 g/mol. The van der Waals surface area contributed by atoms with Gasteiger partial charge in [-0.25, -0.2) is 4.79 Å². The maximum atomic E-state index is 11.3. The molecule has 0 fully saturated rings. The lowest BCUT2D eigenvalue weighted by Crippen LogP contribution is -2.32. The van der Waals surface area contributed by atoms with Gasteiger partial charge in [0.1, 0.15) is 92.6 Å². The van der Waals surface area contributed by atoms with Crippen molar-refractivity contribution in [1.29, 1.82) is 0 Å². The van der Waals surface area contributed by atoms with E-state index in [0.717, 1.165) is 107 Å². The van der Waals surface area contributed by atoms with E-state index in [9.17, 15) is 59.4 Å². The van der Waals surface area contributed by atoms with E-state index in [4.69, 9.17) is 74.3 Å². The number of phenolic OH excluding ortho intramolecular Hbond substituents is 6. The number of phenols is 6. The van der Waals surface area contributed by atoms with E-state index in [-0.39, 0.29) is 89.0 Å². The number of aryl methyl sites for hydroxylation is 3. The Balaban J connectivity index is 0.000000851. The van der Waals surface area contributed by atoms with Gasteiger partial charge in [0.05, 0.1) is 63.5 Å². The molecule has 0 bridgehead atoms. The van der Waals surface area contributed by atoms with Gasteiger partial charge in [0, 0.05) is 23.2 Å². The first-order valence-electron chi connectivity index (χ1n) is 41.9. The Kier molecular flexibility index (Phi) is 52.3. The van der Waals surface area contributed by atoms with Gasteiger partial charge < -0.3 is 96.1 Å². The van der Waals surface area contributed by atoms with Crippen LogP contribution in [0, 0.1) is 71.0 Å². The fraction of sp³-hybridized carbons (Fsp3) is 0.188. The van der Waals surface area contributed by atoms with Crippen LogP contribution in [0.1, 0.15) is 114 Å². The minimum Gasteiger partial charge on any atom is -0.508 e. The zero-order valence-corrected chi connectivity index (χ0v) is 105. The van der Waals surface area contributed by atoms with Crippen molar-refractivity contribution in [3.8, 4) is 97.7 Å². The molecule has 0 aliphatic rings. The minimum absolute atomic E-state index is 0. The molecule has 0 spiro atoms. The van der Waals surface area contributed by atoms with Crippen LogP contribution in [-0.4, -0.2) is 110 Å². The molecule has 0 aromatic heterocycles. The normalized spacial score (nSPS) is 11.1. The summed E-state index contributed by atoms with van der Waals surface area (Å²) >= 11 is 33.9. The predicted octanol–water partition coefficient (Wildman–Crippen LogP) is 29.7. The number of halogens is 16. The van der Waals surface area contributed by atoms with Crippen LogP contribution in [0.25, 0.3) is 0 Å². The Labute approximate surface area is 1020 Å². The number of carbonyl (C=O) groups is 6. The number of benzene rings is 12. The van der Waals surface area contributed by atoms with Crippen molar-refractivity contribution in [1.82, 2.24) is 0 Å². The van der Waals surface area contributed by atoms with E-state index in [1.54, 1.807) is 110 Å². The predicted molar refractivity (Wildman–Crippen MR) is 673 cm³/mol. The van der Waals surface area contributed by atoms with E-state index >= 15 is 0 Å². The molecule has 25 nitrogen and oxygen atoms in total. The summed E-state index contributed by atoms with van der Waals surface area (Å²) in [5.74, 6) is 4.54. The van der Waals surface area contributed by atoms with Crippen LogP contribution >= 0.6 is 361 Å². The Morgan fingerprint density at radius 3 is 1.07 bits per heavy atom. The van der Waals surface area contributed by atoms with Crippen LogP contribution < -0.4 is 39.9 Å². The second-order valence-corrected chi connectivity index (χ2v) is 47.8. The van der Waals surface area contributed by atoms with E-state index in [0.29, 0.717) is 88.2 Å². The van der Waals surface area contributed by atoms with Crippen LogP contribution in [0.2, 0.25) is 0 Å². The Morgan fingerprint density at radius 1 is 0.350 bits per heavy atom. The number of aliphatic carboxylic acids is 5. The lowest BCUT2D eigenvalue weighted by atomic mass is 9.93. The number of aromatic hydroxyl groups is 6. The third kappa shape index (κ3) is 40.9. The number of ether oxygens (including phenoxy) is 6. The van der Waals surface area contributed by atoms with Crippen molar-refractivity contribution in [2.24, 2.45) is 11.5 Å². The Hall–Kier alpha value is -3.14. The largest absolute Gasteiger partial charge is 0.508 e. The second kappa shape index (κ2) is 60.2. The fourth-order valence-corrected chi connectivity index (χ4v) is 26.5. The van der Waals surface area contributed by atoms with Gasteiger partial charge in [0.15, 0.2) is 29.6 Å². The molecule has 12 rings (SSSR count). The first-order chi connectivity index (χ1) is 66.3. The number of nitrogens with two attached hydrogens (primary N) is 2. The van der Waals surface area contributed by atoms with Crippen LogP contribution in [0.5, 0.6) is 97.7 Å². The standard InChI is InChI=1S/C20H24O4.C15H11I4NO4.C15H10I4O3.C15H12I3NO4.C15H12I2O4.C14H9I3O4.2CH4.4H2/c1-12(2)17-9-15(5-6-19(17)21)10-18-13(3)7-16(8-14(18)4)24-11-20(22)23;16-8-4-7(5-9(17)13(8)21)24-14-10(18)1-6(2-11(14)19)3-12(20)15(22)23;1-7(20)2-8-3-12(18)15(13(19)4-8)22-9-5-10(16)14(21)11(17)6-9;16-9-6-8(1-2-13(9)20)23-14-10(17)3-7(4-11(14)18)5-12(19)15(21)22;16-12-7-9(1-6-14(19)20)8-13(17)15(12)21-11-4-2-10(18)3-5-11;15-9-3-7(4-13(18)19)1-2-12(9)21-8-5-10(16)14(20)11(17)6-8;;;;;;/h5-9,12,21H,10-11H2,1-4H3,(H,22,23);1-2,4-5,12,21H,3,20H2,(H,22,23);3-6,21H,2H2,1H3;1-4,6,12,20H,5,19H2,(H,21,22);2-5,7-8,18H,1,6H2,(H,19,20);1-3,5-6,20H,4H2,(H,18,19);2*1H4;4*1H/i;;;;;;;;3*1+2T;1+2. The van der Waals surface area contributed by atoms with Gasteiger partial charge in [-0.05, 0) is 627 Å². The lowest BCUT2D eigenvalue weighted by molar-refractivity contribution is -0.140. The molecule has 0 amide bonds. The fourth-order valence-electron chi connectivity index (χ4n) is 11.8. The highest BCUT2D eigenvalue weighted by Gasteiger charge is 2.23. The van der Waals surface area contributed by atoms with Gasteiger partial charge in [-0.15, -0.1) is 0 Å². The quantitative estimate of drug-likeness (QED) is 0.0194. The van der Waals surface area contributed by atoms with Crippen molar-refractivity contribution >= 4 is 397 Å². The first-order valence-corrected chi connectivity index (χ1v) is 56.2. The highest BCUT2D eigenvalue weighted by Crippen LogP contribution is 2.43. The summed E-state index contributed by atoms with van der Waals surface area (Å²) in [6.45, 7) is 9.37. The highest BCUT2D eigenvalue weighted by atomic mass is 127. The molecule has 2 unspecified atom stereocenters. The van der Waals surface area contributed by atoms with E-state index in [1.165, 1.54) is 5.56 Å². The average molecular weight is 3690 g/mol. The zero-order valence-electron chi connectivity index (χ0n) is 76.7. The molecule has 2 atom stereocenters. The zero-order chi connectivity index (χ0) is 106. The number of carbonyl (C=O) groups excluding carboxylic acids is 1. The van der Waals surface area contributed by atoms with Gasteiger partial charge in [-0.3, -0.25) is 24.0 Å². The molecule has 0 aliphatic carbocycles. The average Bonchev–Trinajstić information content (AvgIpc) is 0.820. The van der Waals surface area contributed by atoms with Crippen molar-refractivity contribution in [3.63, 3.8) is 0 Å². The lowest BCUT2D eigenvalue weighted by Gasteiger charge is -2.15. The number of Topliss-reactive ketones (excluding diaryl/α,β-unsaturated/α-hetero) is 1. The van der Waals surface area contributed by atoms with Crippen LogP contribution in [0.3, 0.4) is 0 Å². The molecule has 738 valence electrons. The molecule has 12 aromatic rings. The summed E-state index contributed by atoms with van der Waals surface area (Å²) in [6, 6.07) is 50.4. The molecule has 0 heterocycles. The Morgan fingerprint density at radius 2 is 0.701 bits per heavy atom. The van der Waals surface area contributed by atoms with Gasteiger partial charge in [-0.1, -0.05) is 46.9 Å². The molecule has 137 heavy (non-hydrogen) atoms. The first kappa shape index (κ1) is 119. The van der Waals surface area contributed by atoms with Crippen molar-refractivity contribution in [3.05, 3.63) is 289 Å². The molecule has 41 heteroatoms. The molecule has 0 radical (unpaired) electrons. The molecule has 0 aliphatic heterocycles. The van der Waals surface area contributed by atoms with E-state index in [2.05, 4.69) is 308 Å². The monoisotopic (exact) mass is 3690 g/mol. The van der Waals surface area contributed by atoms with Gasteiger partial charge in [0.2, 0.25) is 0 Å². The molecule has 0 saturated carbocycles. The Bertz CT molecular complexity index is 6210. The van der Waals surface area contributed by atoms with Gasteiger partial charge in [0.25, 0.3) is 0 Å². The summed E-state index contributed by atoms with van der Waals surface area (Å²) in [4.78, 5) is 65.0. The minimum atomic E-state index is -1.02. The maximum Gasteiger partial charge on any atom is 0.341 e. The molecular formula is C96H94I16N2O23. The van der Waals surface area contributed by atoms with Crippen LogP contribution in [0.4, 0.5) is 0 Å². The molecule has 15 N–H and O–H groups in total. The topological polar surface area (TPSA) is 432 Å². The molecule has 0 saturated heterocycles. The number of hydrogen-bond acceptors (Lipinski definition) is 20. The number of carboxylic acid groups (broad SMARTS) is 5. The SMILES string of the molecule is C.C.CC(=O)Cc1cc(I)c(Oc2cc(I)c(O)c(I)c2)c(I)c1.Cc1cc(OCC(=O)O)cc(C)c1Cc1ccc(O)c(C(C)C)c1.NC(Cc1cc(I)c(Oc2cc(I)c(O)c(I)c2)c(I)c1)C(=O)O.NC(Cc1cc(I)c(Oc2ccc(O)c(I)c2)c(I)c1)C(=O)O.O=C(O)CCc1cc(I)c(Oc2ccc(O)cc2)c(I)c1.O=C(O)Cc1ccc(Oc2cc(I)c(O)c(I)c2)c(I)c1.[3HH].[3H][3H].[3H][3H].[3H][3H]. The molecule has 12 aromatic carbocycles. The third-order valence-electron chi connectivity index (χ3n) is 18.2. The number of ketones is 1. The van der Waals surface area contributed by atoms with Gasteiger partial charge >= 0.3 is 29.8 Å². The van der Waals surface area contributed by atoms with Crippen LogP contribution in [0.15, 0.2) is 176 Å². The number of carboxylic acids is 5. The van der Waals surface area contributed by atoms with Crippen molar-refractivity contribution in [2.45, 2.75) is 112 Å². The number of rotatable bonds is 29. The third-order valence-corrected chi connectivity index (χ3v) is 31.2. The highest BCUT2D eigenvalue weighted by molar-refractivity contribution is 14.1.